The molecule has 28 heavy (non-hydrogen) atoms. The van der Waals surface area contributed by atoms with Crippen LogP contribution in [0.2, 0.25) is 0 Å². The predicted octanol–water partition coefficient (Wildman–Crippen LogP) is 2.30. The van der Waals surface area contributed by atoms with Gasteiger partial charge in [0.1, 0.15) is 12.0 Å². The minimum absolute atomic E-state index is 0.175. The van der Waals surface area contributed by atoms with Gasteiger partial charge in [-0.15, -0.1) is 0 Å². The average Bonchev–Trinajstić information content (AvgIpc) is 3.15. The molecule has 1 saturated heterocycles. The van der Waals surface area contributed by atoms with E-state index in [2.05, 4.69) is 19.9 Å². The van der Waals surface area contributed by atoms with Crippen LogP contribution < -0.4 is 0 Å². The number of hydrogen-bond donors (Lipinski definition) is 0. The van der Waals surface area contributed by atoms with E-state index in [4.69, 9.17) is 0 Å². The zero-order valence-corrected chi connectivity index (χ0v) is 16.0. The summed E-state index contributed by atoms with van der Waals surface area (Å²) in [6.45, 7) is 1.61. The van der Waals surface area contributed by atoms with Gasteiger partial charge in [-0.3, -0.25) is 9.78 Å². The monoisotopic (exact) mass is 376 g/mol. The molecule has 0 radical (unpaired) electrons. The van der Waals surface area contributed by atoms with Crippen molar-refractivity contribution in [2.45, 2.75) is 25.7 Å². The maximum Gasteiger partial charge on any atom is 0.227 e. The first-order valence-electron chi connectivity index (χ1n) is 9.64. The highest BCUT2D eigenvalue weighted by molar-refractivity contribution is 5.78. The molecule has 1 atom stereocenters. The molecule has 0 bridgehead atoms. The van der Waals surface area contributed by atoms with E-state index in [0.29, 0.717) is 12.3 Å². The molecule has 4 heterocycles. The molecule has 1 unspecified atom stereocenters. The lowest BCUT2D eigenvalue weighted by molar-refractivity contribution is -0.132. The lowest BCUT2D eigenvalue weighted by atomic mass is 9.92. The van der Waals surface area contributed by atoms with Gasteiger partial charge in [-0.1, -0.05) is 6.07 Å². The zero-order chi connectivity index (χ0) is 19.3. The Morgan fingerprint density at radius 1 is 1.25 bits per heavy atom. The van der Waals surface area contributed by atoms with Gasteiger partial charge in [-0.25, -0.2) is 15.0 Å². The van der Waals surface area contributed by atoms with E-state index in [1.165, 1.54) is 0 Å². The van der Waals surface area contributed by atoms with Gasteiger partial charge in [0.2, 0.25) is 5.91 Å². The van der Waals surface area contributed by atoms with Gasteiger partial charge in [0.05, 0.1) is 6.42 Å². The van der Waals surface area contributed by atoms with Crippen LogP contribution in [-0.4, -0.2) is 48.4 Å². The highest BCUT2D eigenvalue weighted by Crippen LogP contribution is 2.22. The van der Waals surface area contributed by atoms with E-state index < -0.39 is 0 Å². The van der Waals surface area contributed by atoms with Crippen molar-refractivity contribution in [1.82, 2.24) is 29.4 Å². The summed E-state index contributed by atoms with van der Waals surface area (Å²) in [4.78, 5) is 31.9. The van der Waals surface area contributed by atoms with Crippen LogP contribution in [0.4, 0.5) is 0 Å². The highest BCUT2D eigenvalue weighted by atomic mass is 16.2. The number of pyridine rings is 1. The van der Waals surface area contributed by atoms with Crippen LogP contribution in [0.25, 0.3) is 11.5 Å². The van der Waals surface area contributed by atoms with Gasteiger partial charge in [0.15, 0.2) is 5.82 Å². The van der Waals surface area contributed by atoms with Crippen molar-refractivity contribution in [3.8, 4) is 11.5 Å². The number of carbonyl (C=O) groups is 1. The second kappa shape index (κ2) is 8.29. The number of amides is 1. The number of aromatic nitrogens is 5. The third kappa shape index (κ3) is 4.24. The molecular weight excluding hydrogens is 352 g/mol. The van der Waals surface area contributed by atoms with E-state index in [-0.39, 0.29) is 5.91 Å². The minimum atomic E-state index is 0.175. The molecule has 4 rings (SSSR count). The third-order valence-corrected chi connectivity index (χ3v) is 5.22. The fraction of sp³-hybridized carbons (Fsp3) is 0.381. The normalized spacial score (nSPS) is 16.9. The Balaban J connectivity index is 1.40. The first-order valence-corrected chi connectivity index (χ1v) is 9.64. The van der Waals surface area contributed by atoms with Crippen LogP contribution in [0.1, 0.15) is 24.1 Å². The first kappa shape index (κ1) is 18.3. The molecule has 1 amide bonds. The van der Waals surface area contributed by atoms with Gasteiger partial charge < -0.3 is 9.47 Å². The van der Waals surface area contributed by atoms with Crippen LogP contribution in [-0.2, 0) is 24.7 Å². The van der Waals surface area contributed by atoms with Crippen molar-refractivity contribution in [3.05, 3.63) is 60.6 Å². The molecule has 0 aromatic carbocycles. The summed E-state index contributed by atoms with van der Waals surface area (Å²) in [5.41, 5.74) is 2.79. The Labute approximate surface area is 164 Å². The molecule has 0 N–H and O–H groups in total. The summed E-state index contributed by atoms with van der Waals surface area (Å²) >= 11 is 0. The Morgan fingerprint density at radius 2 is 2.18 bits per heavy atom. The molecule has 1 aliphatic heterocycles. The van der Waals surface area contributed by atoms with Crippen LogP contribution >= 0.6 is 0 Å². The number of nitrogens with zero attached hydrogens (tertiary/aromatic N) is 6. The largest absolute Gasteiger partial charge is 0.342 e. The van der Waals surface area contributed by atoms with Crippen molar-refractivity contribution in [2.75, 3.05) is 13.1 Å². The van der Waals surface area contributed by atoms with Gasteiger partial charge in [-0.2, -0.15) is 0 Å². The number of imidazole rings is 1. The third-order valence-electron chi connectivity index (χ3n) is 5.22. The van der Waals surface area contributed by atoms with E-state index in [1.54, 1.807) is 24.9 Å². The topological polar surface area (TPSA) is 76.8 Å². The molecule has 0 aliphatic carbocycles. The fourth-order valence-electron chi connectivity index (χ4n) is 3.79. The van der Waals surface area contributed by atoms with Gasteiger partial charge >= 0.3 is 0 Å². The Bertz CT molecular complexity index is 939. The quantitative estimate of drug-likeness (QED) is 0.683. The molecular formula is C21H24N6O. The molecule has 0 saturated carbocycles. The van der Waals surface area contributed by atoms with Crippen molar-refractivity contribution < 1.29 is 4.79 Å². The van der Waals surface area contributed by atoms with Gasteiger partial charge in [0.25, 0.3) is 0 Å². The maximum atomic E-state index is 12.7. The number of rotatable bonds is 5. The predicted molar refractivity (Wildman–Crippen MR) is 105 cm³/mol. The molecule has 3 aromatic rings. The average molecular weight is 376 g/mol. The summed E-state index contributed by atoms with van der Waals surface area (Å²) in [6, 6.07) is 5.83. The standard InChI is InChI=1S/C21H24N6O/c1-26-9-7-23-21(26)19-12-18(24-15-25-19)10-17-5-3-8-27(14-17)20(28)11-16-4-2-6-22-13-16/h2,4,6-7,9,12-13,15,17H,3,5,8,10-11,14H2,1H3. The molecule has 0 spiro atoms. The first-order chi connectivity index (χ1) is 13.7. The fourth-order valence-corrected chi connectivity index (χ4v) is 3.79. The summed E-state index contributed by atoms with van der Waals surface area (Å²) in [6.07, 6.45) is 12.2. The van der Waals surface area contributed by atoms with Crippen LogP contribution in [0.5, 0.6) is 0 Å². The molecule has 7 heteroatoms. The SMILES string of the molecule is Cn1ccnc1-c1cc(CC2CCCN(C(=O)Cc3cccnc3)C2)ncn1. The number of carbonyl (C=O) groups excluding carboxylic acids is 1. The second-order valence-electron chi connectivity index (χ2n) is 7.35. The van der Waals surface area contributed by atoms with Crippen molar-refractivity contribution in [1.29, 1.82) is 0 Å². The van der Waals surface area contributed by atoms with Crippen LogP contribution in [0.15, 0.2) is 49.3 Å². The smallest absolute Gasteiger partial charge is 0.227 e. The van der Waals surface area contributed by atoms with E-state index in [1.807, 2.05) is 40.9 Å². The van der Waals surface area contributed by atoms with Crippen molar-refractivity contribution >= 4 is 5.91 Å². The minimum Gasteiger partial charge on any atom is -0.342 e. The lowest BCUT2D eigenvalue weighted by Crippen LogP contribution is -2.41. The lowest BCUT2D eigenvalue weighted by Gasteiger charge is -2.32. The molecule has 1 fully saturated rings. The number of likely N-dealkylation sites (tertiary alicyclic amines) is 1. The van der Waals surface area contributed by atoms with Crippen LogP contribution in [0.3, 0.4) is 0 Å². The van der Waals surface area contributed by atoms with Crippen LogP contribution in [0, 0.1) is 5.92 Å². The Morgan fingerprint density at radius 3 is 2.96 bits per heavy atom. The molecule has 3 aromatic heterocycles. The van der Waals surface area contributed by atoms with Gasteiger partial charge in [0, 0.05) is 50.6 Å². The zero-order valence-electron chi connectivity index (χ0n) is 16.0. The van der Waals surface area contributed by atoms with Crippen molar-refractivity contribution in [3.63, 3.8) is 0 Å². The summed E-state index contributed by atoms with van der Waals surface area (Å²) in [5, 5.41) is 0. The van der Waals surface area contributed by atoms with Gasteiger partial charge in [-0.05, 0) is 42.9 Å². The highest BCUT2D eigenvalue weighted by Gasteiger charge is 2.24. The summed E-state index contributed by atoms with van der Waals surface area (Å²) in [5.74, 6) is 1.42. The number of aryl methyl sites for hydroxylation is 1. The van der Waals surface area contributed by atoms with E-state index in [0.717, 1.165) is 55.1 Å². The molecule has 7 nitrogen and oxygen atoms in total. The van der Waals surface area contributed by atoms with Crippen molar-refractivity contribution in [2.24, 2.45) is 13.0 Å². The Hall–Kier alpha value is -3.09. The Kier molecular flexibility index (Phi) is 5.41. The summed E-state index contributed by atoms with van der Waals surface area (Å²) < 4.78 is 1.95. The van der Waals surface area contributed by atoms with E-state index >= 15 is 0 Å². The van der Waals surface area contributed by atoms with E-state index in [9.17, 15) is 4.79 Å². The number of piperidine rings is 1. The molecule has 144 valence electrons. The number of hydrogen-bond acceptors (Lipinski definition) is 5. The second-order valence-corrected chi connectivity index (χ2v) is 7.35. The maximum absolute atomic E-state index is 12.7. The summed E-state index contributed by atoms with van der Waals surface area (Å²) in [7, 11) is 1.96. The molecule has 1 aliphatic rings.